The minimum Gasteiger partial charge on any atom is -0.404 e. The average Bonchev–Trinajstić information content (AvgIpc) is 3.15. The van der Waals surface area contributed by atoms with Gasteiger partial charge in [0, 0.05) is 55.7 Å². The molecule has 0 radical (unpaired) electrons. The quantitative estimate of drug-likeness (QED) is 0.448. The topological polar surface area (TPSA) is 138 Å². The van der Waals surface area contributed by atoms with E-state index >= 15 is 0 Å². The molecule has 3 aliphatic rings. The van der Waals surface area contributed by atoms with Crippen LogP contribution in [0.1, 0.15) is 52.0 Å². The second-order valence-electron chi connectivity index (χ2n) is 11.9. The van der Waals surface area contributed by atoms with Crippen LogP contribution in [0, 0.1) is 0 Å². The Bertz CT molecular complexity index is 1570. The van der Waals surface area contributed by atoms with Crippen LogP contribution in [0.3, 0.4) is 0 Å². The molecule has 1 aromatic heterocycles. The molecule has 3 saturated heterocycles. The Hall–Kier alpha value is -2.52. The fourth-order valence-electron chi connectivity index (χ4n) is 6.74. The smallest absolute Gasteiger partial charge is 0.404 e. The largest absolute Gasteiger partial charge is 0.413 e. The van der Waals surface area contributed by atoms with Gasteiger partial charge in [0.15, 0.2) is 5.75 Å². The van der Waals surface area contributed by atoms with Gasteiger partial charge in [0.05, 0.1) is 17.5 Å². The predicted molar refractivity (Wildman–Crippen MR) is 161 cm³/mol. The molecule has 0 saturated carbocycles. The first-order valence-corrected chi connectivity index (χ1v) is 18.1. The predicted octanol–water partition coefficient (Wildman–Crippen LogP) is 1.96. The maximum Gasteiger partial charge on any atom is 0.413 e. The number of hydrogen-bond acceptors (Lipinski definition) is 8. The number of fused-ring (bicyclic) bond motifs is 3. The van der Waals surface area contributed by atoms with Gasteiger partial charge < -0.3 is 14.6 Å². The summed E-state index contributed by atoms with van der Waals surface area (Å²) in [4.78, 5) is 28.4. The summed E-state index contributed by atoms with van der Waals surface area (Å²) in [6.45, 7) is 5.20. The number of pyridine rings is 1. The lowest BCUT2D eigenvalue weighted by Crippen LogP contribution is -2.52. The summed E-state index contributed by atoms with van der Waals surface area (Å²) >= 11 is 0. The molecule has 0 aliphatic carbocycles. The summed E-state index contributed by atoms with van der Waals surface area (Å²) in [6.07, 6.45) is 4.44. The maximum absolute atomic E-state index is 13.1. The molecule has 14 heteroatoms. The number of rotatable bonds is 9. The standard InChI is InChI=1S/C28H41N5O7S2/c1-20(2)33-25-8-5-4-7-21(25)17-26(27(33)34)40-28(35)29-22-18-23-9-10-24(19-22)32(23)11-6-16-42(38,39)31-14-12-30(13-15-31)41(3,36)37/h4-5,7-8,17,20,22-24H,6,9-16,18-19H2,1-3H3,(H,29,35)/t22?,23-,24+. The van der Waals surface area contributed by atoms with Crippen LogP contribution in [0.15, 0.2) is 35.1 Å². The lowest BCUT2D eigenvalue weighted by atomic mass is 9.97. The first kappa shape index (κ1) is 30.9. The Kier molecular flexibility index (Phi) is 9.00. The summed E-state index contributed by atoms with van der Waals surface area (Å²) in [5.41, 5.74) is 0.442. The fourth-order valence-corrected chi connectivity index (χ4v) is 9.04. The van der Waals surface area contributed by atoms with Crippen LogP contribution in [0.5, 0.6) is 5.75 Å². The van der Waals surface area contributed by atoms with Crippen molar-refractivity contribution >= 4 is 37.0 Å². The minimum atomic E-state index is -3.47. The van der Waals surface area contributed by atoms with Gasteiger partial charge in [-0.1, -0.05) is 18.2 Å². The number of nitrogens with zero attached hydrogens (tertiary/aromatic N) is 4. The Morgan fingerprint density at radius 1 is 1.00 bits per heavy atom. The molecular weight excluding hydrogens is 582 g/mol. The van der Waals surface area contributed by atoms with Gasteiger partial charge in [-0.3, -0.25) is 9.69 Å². The zero-order valence-corrected chi connectivity index (χ0v) is 26.1. The number of ether oxygens (including phenoxy) is 1. The van der Waals surface area contributed by atoms with Gasteiger partial charge in [0.25, 0.3) is 5.56 Å². The SMILES string of the molecule is CC(C)n1c(=O)c(OC(=O)NC2C[C@H]3CC[C@@H](C2)N3CCCS(=O)(=O)N2CCN(S(C)(=O)=O)CC2)cc2ccccc21. The van der Waals surface area contributed by atoms with E-state index in [9.17, 15) is 26.4 Å². The minimum absolute atomic E-state index is 0.000695. The molecule has 2 aromatic rings. The van der Waals surface area contributed by atoms with Crippen molar-refractivity contribution in [3.05, 3.63) is 40.7 Å². The van der Waals surface area contributed by atoms with Crippen molar-refractivity contribution in [1.29, 1.82) is 0 Å². The number of para-hydroxylation sites is 1. The van der Waals surface area contributed by atoms with Crippen LogP contribution in [-0.4, -0.2) is 104 Å². The molecule has 42 heavy (non-hydrogen) atoms. The highest BCUT2D eigenvalue weighted by Gasteiger charge is 2.41. The van der Waals surface area contributed by atoms with Gasteiger partial charge in [-0.05, 0) is 64.6 Å². The Balaban J connectivity index is 1.13. The normalized spacial score (nSPS) is 24.3. The second kappa shape index (κ2) is 12.2. The summed E-state index contributed by atoms with van der Waals surface area (Å²) in [7, 11) is -6.78. The van der Waals surface area contributed by atoms with Crippen molar-refractivity contribution < 1.29 is 26.4 Å². The van der Waals surface area contributed by atoms with Crippen molar-refractivity contribution in [2.24, 2.45) is 0 Å². The highest BCUT2D eigenvalue weighted by molar-refractivity contribution is 7.89. The van der Waals surface area contributed by atoms with E-state index in [1.54, 1.807) is 10.6 Å². The lowest BCUT2D eigenvalue weighted by molar-refractivity contribution is 0.114. The van der Waals surface area contributed by atoms with Crippen molar-refractivity contribution in [1.82, 2.24) is 23.4 Å². The number of nitrogens with one attached hydrogen (secondary N) is 1. The van der Waals surface area contributed by atoms with Crippen molar-refractivity contribution in [2.45, 2.75) is 70.1 Å². The molecule has 3 fully saturated rings. The molecule has 5 rings (SSSR count). The first-order chi connectivity index (χ1) is 19.8. The highest BCUT2D eigenvalue weighted by Crippen LogP contribution is 2.36. The lowest BCUT2D eigenvalue weighted by Gasteiger charge is -2.39. The molecule has 1 aromatic carbocycles. The maximum atomic E-state index is 13.1. The number of amides is 1. The Labute approximate surface area is 247 Å². The molecule has 0 spiro atoms. The van der Waals surface area contributed by atoms with Gasteiger partial charge in [0.2, 0.25) is 20.0 Å². The van der Waals surface area contributed by atoms with Gasteiger partial charge in [0.1, 0.15) is 0 Å². The zero-order valence-electron chi connectivity index (χ0n) is 24.4. The molecule has 4 heterocycles. The number of piperidine rings is 1. The van der Waals surface area contributed by atoms with E-state index in [4.69, 9.17) is 4.74 Å². The number of benzene rings is 1. The first-order valence-electron chi connectivity index (χ1n) is 14.6. The summed E-state index contributed by atoms with van der Waals surface area (Å²) in [5.74, 6) is 0.0226. The second-order valence-corrected chi connectivity index (χ2v) is 16.0. The van der Waals surface area contributed by atoms with E-state index in [1.807, 2.05) is 38.1 Å². The van der Waals surface area contributed by atoms with E-state index in [2.05, 4.69) is 10.2 Å². The Morgan fingerprint density at radius 2 is 1.62 bits per heavy atom. The third-order valence-corrected chi connectivity index (χ3v) is 12.0. The number of carbonyl (C=O) groups excluding carboxylic acids is 1. The van der Waals surface area contributed by atoms with E-state index in [0.29, 0.717) is 13.0 Å². The monoisotopic (exact) mass is 623 g/mol. The molecule has 1 unspecified atom stereocenters. The van der Waals surface area contributed by atoms with Gasteiger partial charge in [-0.2, -0.15) is 8.61 Å². The van der Waals surface area contributed by atoms with E-state index in [0.717, 1.165) is 42.8 Å². The fraction of sp³-hybridized carbons (Fsp3) is 0.643. The molecule has 232 valence electrons. The van der Waals surface area contributed by atoms with Crippen LogP contribution in [-0.2, 0) is 20.0 Å². The summed E-state index contributed by atoms with van der Waals surface area (Å²) < 4.78 is 59.1. The number of hydrogen-bond donors (Lipinski definition) is 1. The average molecular weight is 624 g/mol. The van der Waals surface area contributed by atoms with Crippen LogP contribution in [0.25, 0.3) is 10.9 Å². The van der Waals surface area contributed by atoms with Crippen molar-refractivity contribution in [3.8, 4) is 5.75 Å². The summed E-state index contributed by atoms with van der Waals surface area (Å²) in [5, 5.41) is 3.78. The number of carbonyl (C=O) groups is 1. The molecule has 3 aliphatic heterocycles. The highest BCUT2D eigenvalue weighted by atomic mass is 32.2. The van der Waals surface area contributed by atoms with Crippen molar-refractivity contribution in [3.63, 3.8) is 0 Å². The molecular formula is C28H41N5O7S2. The summed E-state index contributed by atoms with van der Waals surface area (Å²) in [6, 6.07) is 9.42. The van der Waals surface area contributed by atoms with Gasteiger partial charge in [-0.15, -0.1) is 0 Å². The van der Waals surface area contributed by atoms with Gasteiger partial charge >= 0.3 is 6.09 Å². The molecule has 2 bridgehead atoms. The zero-order chi connectivity index (χ0) is 30.2. The van der Waals surface area contributed by atoms with Crippen LogP contribution >= 0.6 is 0 Å². The number of piperazine rings is 1. The molecule has 3 atom stereocenters. The van der Waals surface area contributed by atoms with Gasteiger partial charge in [-0.25, -0.2) is 21.6 Å². The van der Waals surface area contributed by atoms with E-state index < -0.39 is 26.1 Å². The van der Waals surface area contributed by atoms with E-state index in [-0.39, 0.29) is 67.4 Å². The van der Waals surface area contributed by atoms with E-state index in [1.165, 1.54) is 8.61 Å². The van der Waals surface area contributed by atoms with Crippen LogP contribution < -0.4 is 15.6 Å². The van der Waals surface area contributed by atoms with Crippen molar-refractivity contribution in [2.75, 3.05) is 44.7 Å². The molecule has 1 N–H and O–H groups in total. The van der Waals surface area contributed by atoms with Crippen LogP contribution in [0.2, 0.25) is 0 Å². The van der Waals surface area contributed by atoms with Crippen LogP contribution in [0.4, 0.5) is 4.79 Å². The molecule has 12 nitrogen and oxygen atoms in total. The number of sulfonamides is 2. The third-order valence-electron chi connectivity index (χ3n) is 8.72. The molecule has 1 amide bonds. The third kappa shape index (κ3) is 6.67. The number of aromatic nitrogens is 1. The Morgan fingerprint density at radius 3 is 2.24 bits per heavy atom.